The average molecular weight is 143 g/mol. The Balaban J connectivity index is 3.38. The Hall–Kier alpha value is -0.0400. The summed E-state index contributed by atoms with van der Waals surface area (Å²) in [5, 5.41) is 0. The SMILES string of the molecule is CCCC(N)[C@@H](C)CCC. The summed E-state index contributed by atoms with van der Waals surface area (Å²) in [4.78, 5) is 0. The topological polar surface area (TPSA) is 26.0 Å². The molecule has 0 aromatic carbocycles. The van der Waals surface area contributed by atoms with Crippen LogP contribution in [0.15, 0.2) is 0 Å². The third-order valence-corrected chi connectivity index (χ3v) is 2.10. The molecule has 10 heavy (non-hydrogen) atoms. The maximum atomic E-state index is 5.91. The van der Waals surface area contributed by atoms with Gasteiger partial charge in [0.25, 0.3) is 0 Å². The summed E-state index contributed by atoms with van der Waals surface area (Å²) in [6, 6.07) is 0.435. The summed E-state index contributed by atoms with van der Waals surface area (Å²) >= 11 is 0. The molecule has 0 aromatic heterocycles. The normalized spacial score (nSPS) is 16.8. The molecule has 1 heteroatoms. The maximum absolute atomic E-state index is 5.91. The molecule has 0 radical (unpaired) electrons. The van der Waals surface area contributed by atoms with Crippen LogP contribution in [0.1, 0.15) is 46.5 Å². The van der Waals surface area contributed by atoms with Gasteiger partial charge in [-0.25, -0.2) is 0 Å². The summed E-state index contributed by atoms with van der Waals surface area (Å²) in [6.45, 7) is 6.66. The molecule has 0 aliphatic rings. The summed E-state index contributed by atoms with van der Waals surface area (Å²) < 4.78 is 0. The van der Waals surface area contributed by atoms with Gasteiger partial charge >= 0.3 is 0 Å². The van der Waals surface area contributed by atoms with Crippen molar-refractivity contribution in [2.45, 2.75) is 52.5 Å². The van der Waals surface area contributed by atoms with Crippen molar-refractivity contribution in [2.24, 2.45) is 11.7 Å². The highest BCUT2D eigenvalue weighted by atomic mass is 14.6. The highest BCUT2D eigenvalue weighted by Crippen LogP contribution is 2.12. The summed E-state index contributed by atoms with van der Waals surface area (Å²) in [7, 11) is 0. The van der Waals surface area contributed by atoms with E-state index in [4.69, 9.17) is 5.73 Å². The Morgan fingerprint density at radius 2 is 1.60 bits per heavy atom. The molecule has 1 unspecified atom stereocenters. The molecule has 1 nitrogen and oxygen atoms in total. The maximum Gasteiger partial charge on any atom is 0.00644 e. The lowest BCUT2D eigenvalue weighted by atomic mass is 9.94. The first-order valence-electron chi connectivity index (χ1n) is 4.47. The van der Waals surface area contributed by atoms with E-state index >= 15 is 0 Å². The molecule has 0 spiro atoms. The standard InChI is InChI=1S/C9H21N/c1-4-6-8(3)9(10)7-5-2/h8-9H,4-7,10H2,1-3H3/t8-,9?/m0/s1. The van der Waals surface area contributed by atoms with Crippen LogP contribution >= 0.6 is 0 Å². The number of rotatable bonds is 5. The molecule has 2 N–H and O–H groups in total. The number of nitrogens with two attached hydrogens (primary N) is 1. The second kappa shape index (κ2) is 5.72. The lowest BCUT2D eigenvalue weighted by Crippen LogP contribution is -2.27. The van der Waals surface area contributed by atoms with Gasteiger partial charge < -0.3 is 5.73 Å². The molecule has 0 rings (SSSR count). The van der Waals surface area contributed by atoms with Crippen molar-refractivity contribution < 1.29 is 0 Å². The van der Waals surface area contributed by atoms with Gasteiger partial charge in [0.1, 0.15) is 0 Å². The van der Waals surface area contributed by atoms with Crippen molar-refractivity contribution in [2.75, 3.05) is 0 Å². The van der Waals surface area contributed by atoms with Gasteiger partial charge in [-0.1, -0.05) is 33.6 Å². The van der Waals surface area contributed by atoms with Gasteiger partial charge in [0, 0.05) is 6.04 Å². The zero-order valence-electron chi connectivity index (χ0n) is 7.56. The van der Waals surface area contributed by atoms with E-state index in [2.05, 4.69) is 20.8 Å². The molecule has 62 valence electrons. The van der Waals surface area contributed by atoms with E-state index in [1.165, 1.54) is 25.7 Å². The lowest BCUT2D eigenvalue weighted by Gasteiger charge is -2.17. The molecule has 0 bridgehead atoms. The van der Waals surface area contributed by atoms with Crippen molar-refractivity contribution in [3.05, 3.63) is 0 Å². The van der Waals surface area contributed by atoms with E-state index in [9.17, 15) is 0 Å². The van der Waals surface area contributed by atoms with E-state index in [1.54, 1.807) is 0 Å². The van der Waals surface area contributed by atoms with Crippen molar-refractivity contribution in [1.82, 2.24) is 0 Å². The van der Waals surface area contributed by atoms with Gasteiger partial charge in [-0.15, -0.1) is 0 Å². The van der Waals surface area contributed by atoms with Gasteiger partial charge in [-0.2, -0.15) is 0 Å². The van der Waals surface area contributed by atoms with Crippen molar-refractivity contribution in [3.63, 3.8) is 0 Å². The first kappa shape index (κ1) is 9.96. The number of hydrogen-bond acceptors (Lipinski definition) is 1. The van der Waals surface area contributed by atoms with Crippen molar-refractivity contribution in [3.8, 4) is 0 Å². The van der Waals surface area contributed by atoms with Crippen LogP contribution in [0.3, 0.4) is 0 Å². The van der Waals surface area contributed by atoms with Gasteiger partial charge in [-0.3, -0.25) is 0 Å². The smallest absolute Gasteiger partial charge is 0.00644 e. The fraction of sp³-hybridized carbons (Fsp3) is 1.00. The largest absolute Gasteiger partial charge is 0.327 e. The van der Waals surface area contributed by atoms with Crippen molar-refractivity contribution >= 4 is 0 Å². The minimum Gasteiger partial charge on any atom is -0.327 e. The van der Waals surface area contributed by atoms with Crippen LogP contribution in [-0.4, -0.2) is 6.04 Å². The Morgan fingerprint density at radius 1 is 1.10 bits per heavy atom. The molecule has 2 atom stereocenters. The van der Waals surface area contributed by atoms with Crippen LogP contribution in [0.25, 0.3) is 0 Å². The quantitative estimate of drug-likeness (QED) is 0.629. The first-order valence-corrected chi connectivity index (χ1v) is 4.47. The minimum atomic E-state index is 0.435. The fourth-order valence-corrected chi connectivity index (χ4v) is 1.29. The van der Waals surface area contributed by atoms with E-state index < -0.39 is 0 Å². The van der Waals surface area contributed by atoms with E-state index in [1.807, 2.05) is 0 Å². The van der Waals surface area contributed by atoms with Crippen LogP contribution in [0.2, 0.25) is 0 Å². The Labute approximate surface area is 65.0 Å². The molecular weight excluding hydrogens is 122 g/mol. The Bertz CT molecular complexity index is 61.1. The first-order chi connectivity index (χ1) is 4.72. The molecule has 0 aliphatic carbocycles. The second-order valence-corrected chi connectivity index (χ2v) is 3.22. The molecule has 0 aromatic rings. The van der Waals surface area contributed by atoms with E-state index in [0.29, 0.717) is 12.0 Å². The fourth-order valence-electron chi connectivity index (χ4n) is 1.29. The molecule has 0 fully saturated rings. The molecule has 0 saturated carbocycles. The van der Waals surface area contributed by atoms with Crippen LogP contribution in [0.5, 0.6) is 0 Å². The zero-order valence-corrected chi connectivity index (χ0v) is 7.56. The lowest BCUT2D eigenvalue weighted by molar-refractivity contribution is 0.400. The molecule has 0 heterocycles. The van der Waals surface area contributed by atoms with Crippen molar-refractivity contribution in [1.29, 1.82) is 0 Å². The van der Waals surface area contributed by atoms with Crippen LogP contribution < -0.4 is 5.73 Å². The van der Waals surface area contributed by atoms with Crippen LogP contribution in [0.4, 0.5) is 0 Å². The van der Waals surface area contributed by atoms with Gasteiger partial charge in [0.05, 0.1) is 0 Å². The monoisotopic (exact) mass is 143 g/mol. The summed E-state index contributed by atoms with van der Waals surface area (Å²) in [5.41, 5.74) is 5.91. The van der Waals surface area contributed by atoms with Gasteiger partial charge in [0.15, 0.2) is 0 Å². The number of hydrogen-bond donors (Lipinski definition) is 1. The highest BCUT2D eigenvalue weighted by Gasteiger charge is 2.09. The Kier molecular flexibility index (Phi) is 5.70. The molecule has 0 amide bonds. The predicted octanol–water partition coefficient (Wildman–Crippen LogP) is 2.55. The predicted molar refractivity (Wildman–Crippen MR) is 47.0 cm³/mol. The second-order valence-electron chi connectivity index (χ2n) is 3.22. The summed E-state index contributed by atoms with van der Waals surface area (Å²) in [5.74, 6) is 0.713. The molecule has 0 saturated heterocycles. The Morgan fingerprint density at radius 3 is 2.00 bits per heavy atom. The van der Waals surface area contributed by atoms with E-state index in [-0.39, 0.29) is 0 Å². The molecule has 0 aliphatic heterocycles. The van der Waals surface area contributed by atoms with Gasteiger partial charge in [0.2, 0.25) is 0 Å². The molecular formula is C9H21N. The minimum absolute atomic E-state index is 0.435. The zero-order chi connectivity index (χ0) is 7.98. The summed E-state index contributed by atoms with van der Waals surface area (Å²) in [6.07, 6.45) is 4.94. The van der Waals surface area contributed by atoms with E-state index in [0.717, 1.165) is 0 Å². The third-order valence-electron chi connectivity index (χ3n) is 2.10. The van der Waals surface area contributed by atoms with Gasteiger partial charge in [-0.05, 0) is 18.8 Å². The average Bonchev–Trinajstić information content (AvgIpc) is 1.89. The highest BCUT2D eigenvalue weighted by molar-refractivity contribution is 4.67. The van der Waals surface area contributed by atoms with Crippen LogP contribution in [0, 0.1) is 5.92 Å². The third kappa shape index (κ3) is 3.89. The van der Waals surface area contributed by atoms with Crippen LogP contribution in [-0.2, 0) is 0 Å².